The van der Waals surface area contributed by atoms with Crippen LogP contribution in [0.15, 0.2) is 0 Å². The van der Waals surface area contributed by atoms with Crippen molar-refractivity contribution in [3.05, 3.63) is 0 Å². The summed E-state index contributed by atoms with van der Waals surface area (Å²) >= 11 is 0. The van der Waals surface area contributed by atoms with Gasteiger partial charge in [0, 0.05) is 19.0 Å². The van der Waals surface area contributed by atoms with Crippen LogP contribution in [0, 0.1) is 5.92 Å². The van der Waals surface area contributed by atoms with E-state index in [1.807, 2.05) is 0 Å². The van der Waals surface area contributed by atoms with E-state index in [1.165, 1.54) is 5.01 Å². The largest absolute Gasteiger partial charge is 0.480 e. The first-order valence-electron chi connectivity index (χ1n) is 5.24. The minimum atomic E-state index is -1.35. The smallest absolute Gasteiger partial charge is 0.451 e. The molecule has 0 bridgehead atoms. The lowest BCUT2D eigenvalue weighted by Gasteiger charge is -2.25. The summed E-state index contributed by atoms with van der Waals surface area (Å²) in [6, 6.07) is 0. The number of carboxylic acid groups (broad SMARTS) is 1. The highest BCUT2D eigenvalue weighted by Gasteiger charge is 2.48. The van der Waals surface area contributed by atoms with Gasteiger partial charge < -0.3 is 20.9 Å². The van der Waals surface area contributed by atoms with Gasteiger partial charge in [-0.05, 0) is 12.7 Å². The molecular formula is C8H18BN3O4. The van der Waals surface area contributed by atoms with Crippen LogP contribution in [-0.4, -0.2) is 51.9 Å². The van der Waals surface area contributed by atoms with Gasteiger partial charge in [-0.25, -0.2) is 5.01 Å². The highest BCUT2D eigenvalue weighted by molar-refractivity contribution is 6.40. The van der Waals surface area contributed by atoms with Gasteiger partial charge in [0.15, 0.2) is 0 Å². The lowest BCUT2D eigenvalue weighted by molar-refractivity contribution is -0.144. The van der Waals surface area contributed by atoms with Crippen LogP contribution in [0.5, 0.6) is 0 Å². The van der Waals surface area contributed by atoms with Gasteiger partial charge in [0.1, 0.15) is 5.54 Å². The Hall–Kier alpha value is -0.665. The number of carboxylic acids is 1. The molecule has 0 aromatic rings. The van der Waals surface area contributed by atoms with Crippen molar-refractivity contribution in [1.29, 1.82) is 0 Å². The Morgan fingerprint density at radius 1 is 1.56 bits per heavy atom. The lowest BCUT2D eigenvalue weighted by Crippen LogP contribution is -2.55. The van der Waals surface area contributed by atoms with Gasteiger partial charge in [-0.2, -0.15) is 0 Å². The molecule has 1 saturated heterocycles. The van der Waals surface area contributed by atoms with Gasteiger partial charge in [-0.1, -0.05) is 6.42 Å². The molecule has 1 aliphatic rings. The van der Waals surface area contributed by atoms with Crippen LogP contribution in [-0.2, 0) is 4.79 Å². The second-order valence-electron chi connectivity index (χ2n) is 4.38. The maximum Gasteiger partial charge on any atom is 0.451 e. The number of hydrogen-bond acceptors (Lipinski definition) is 6. The monoisotopic (exact) mass is 231 g/mol. The second kappa shape index (κ2) is 5.11. The van der Waals surface area contributed by atoms with E-state index in [4.69, 9.17) is 26.7 Å². The number of hydrazine groups is 1. The molecule has 0 unspecified atom stereocenters. The number of nitrogens with zero attached hydrogens (tertiary/aromatic N) is 1. The van der Waals surface area contributed by atoms with Crippen molar-refractivity contribution < 1.29 is 19.9 Å². The van der Waals surface area contributed by atoms with Gasteiger partial charge in [-0.3, -0.25) is 10.6 Å². The maximum atomic E-state index is 11.1. The van der Waals surface area contributed by atoms with Gasteiger partial charge in [-0.15, -0.1) is 0 Å². The fourth-order valence-corrected chi connectivity index (χ4v) is 2.11. The van der Waals surface area contributed by atoms with Crippen LogP contribution >= 0.6 is 0 Å². The van der Waals surface area contributed by atoms with Crippen molar-refractivity contribution >= 4 is 13.1 Å². The molecule has 7 N–H and O–H groups in total. The predicted octanol–water partition coefficient (Wildman–Crippen LogP) is -2.17. The molecule has 0 spiro atoms. The zero-order valence-electron chi connectivity index (χ0n) is 9.04. The Balaban J connectivity index is 2.53. The third-order valence-corrected chi connectivity index (χ3v) is 3.06. The zero-order valence-corrected chi connectivity index (χ0v) is 9.04. The van der Waals surface area contributed by atoms with E-state index in [2.05, 4.69) is 0 Å². The Bertz CT molecular complexity index is 266. The quantitative estimate of drug-likeness (QED) is 0.268. The van der Waals surface area contributed by atoms with Crippen LogP contribution < -0.4 is 11.6 Å². The first kappa shape index (κ1) is 13.4. The standard InChI is InChI=1S/C8H18BN3O4/c10-8(7(13)14)5-12(11)4-6(8)2-1-3-9(15)16/h6,15-16H,1-5,10-11H2,(H,13,14)/t6-,8-/m0/s1. The summed E-state index contributed by atoms with van der Waals surface area (Å²) in [7, 11) is -1.35. The van der Waals surface area contributed by atoms with Crippen molar-refractivity contribution in [3.8, 4) is 0 Å². The Morgan fingerprint density at radius 3 is 2.69 bits per heavy atom. The van der Waals surface area contributed by atoms with E-state index in [0.717, 1.165) is 0 Å². The van der Waals surface area contributed by atoms with Crippen LogP contribution in [0.1, 0.15) is 12.8 Å². The Morgan fingerprint density at radius 2 is 2.19 bits per heavy atom. The number of rotatable bonds is 5. The van der Waals surface area contributed by atoms with Gasteiger partial charge in [0.05, 0.1) is 0 Å². The van der Waals surface area contributed by atoms with Crippen LogP contribution in [0.2, 0.25) is 6.32 Å². The SMILES string of the molecule is NN1C[C@H](CCCB(O)O)[C@](N)(C(=O)O)C1. The second-order valence-corrected chi connectivity index (χ2v) is 4.38. The number of carbonyl (C=O) groups is 1. The molecule has 0 saturated carbocycles. The van der Waals surface area contributed by atoms with Crippen molar-refractivity contribution in [1.82, 2.24) is 5.01 Å². The summed E-state index contributed by atoms with van der Waals surface area (Å²) in [6.07, 6.45) is 1.26. The van der Waals surface area contributed by atoms with Crippen LogP contribution in [0.25, 0.3) is 0 Å². The summed E-state index contributed by atoms with van der Waals surface area (Å²) in [4.78, 5) is 11.1. The maximum absolute atomic E-state index is 11.1. The molecule has 2 atom stereocenters. The molecule has 0 amide bonds. The molecule has 0 aromatic heterocycles. The highest BCUT2D eigenvalue weighted by Crippen LogP contribution is 2.28. The predicted molar refractivity (Wildman–Crippen MR) is 58.0 cm³/mol. The molecule has 8 heteroatoms. The van der Waals surface area contributed by atoms with Crippen molar-refractivity contribution in [2.45, 2.75) is 24.7 Å². The summed E-state index contributed by atoms with van der Waals surface area (Å²) in [5.41, 5.74) is 4.48. The Kier molecular flexibility index (Phi) is 4.28. The summed E-state index contributed by atoms with van der Waals surface area (Å²) in [5, 5.41) is 27.8. The summed E-state index contributed by atoms with van der Waals surface area (Å²) in [5.74, 6) is 4.25. The third kappa shape index (κ3) is 2.93. The summed E-state index contributed by atoms with van der Waals surface area (Å²) in [6.45, 7) is 0.541. The van der Waals surface area contributed by atoms with E-state index < -0.39 is 18.6 Å². The normalized spacial score (nSPS) is 30.6. The summed E-state index contributed by atoms with van der Waals surface area (Å²) < 4.78 is 0. The number of nitrogens with two attached hydrogens (primary N) is 2. The number of aliphatic carboxylic acids is 1. The van der Waals surface area contributed by atoms with Crippen LogP contribution in [0.4, 0.5) is 0 Å². The molecule has 1 aliphatic heterocycles. The van der Waals surface area contributed by atoms with E-state index in [-0.39, 0.29) is 18.8 Å². The third-order valence-electron chi connectivity index (χ3n) is 3.06. The van der Waals surface area contributed by atoms with E-state index in [9.17, 15) is 4.79 Å². The molecule has 1 fully saturated rings. The molecule has 1 rings (SSSR count). The van der Waals surface area contributed by atoms with Crippen molar-refractivity contribution in [2.24, 2.45) is 17.5 Å². The van der Waals surface area contributed by atoms with E-state index in [0.29, 0.717) is 19.4 Å². The average molecular weight is 231 g/mol. The zero-order chi connectivity index (χ0) is 12.3. The molecule has 0 aromatic carbocycles. The fourth-order valence-electron chi connectivity index (χ4n) is 2.11. The molecule has 7 nitrogen and oxygen atoms in total. The fraction of sp³-hybridized carbons (Fsp3) is 0.875. The molecule has 1 heterocycles. The first-order chi connectivity index (χ1) is 7.36. The van der Waals surface area contributed by atoms with Gasteiger partial charge in [0.25, 0.3) is 0 Å². The van der Waals surface area contributed by atoms with Crippen LogP contribution in [0.3, 0.4) is 0 Å². The van der Waals surface area contributed by atoms with Crippen molar-refractivity contribution in [2.75, 3.05) is 13.1 Å². The highest BCUT2D eigenvalue weighted by atomic mass is 16.4. The Labute approximate surface area is 94.1 Å². The topological polar surface area (TPSA) is 133 Å². The number of hydrogen-bond donors (Lipinski definition) is 5. The average Bonchev–Trinajstić information content (AvgIpc) is 2.42. The molecule has 92 valence electrons. The molecular weight excluding hydrogens is 213 g/mol. The van der Waals surface area contributed by atoms with E-state index >= 15 is 0 Å². The first-order valence-corrected chi connectivity index (χ1v) is 5.24. The van der Waals surface area contributed by atoms with Gasteiger partial charge >= 0.3 is 13.1 Å². The molecule has 0 aliphatic carbocycles. The molecule has 0 radical (unpaired) electrons. The van der Waals surface area contributed by atoms with E-state index in [1.54, 1.807) is 0 Å². The molecule has 16 heavy (non-hydrogen) atoms. The van der Waals surface area contributed by atoms with Gasteiger partial charge in [0.2, 0.25) is 0 Å². The minimum absolute atomic E-state index is 0.120. The lowest BCUT2D eigenvalue weighted by atomic mass is 9.78. The van der Waals surface area contributed by atoms with Crippen molar-refractivity contribution in [3.63, 3.8) is 0 Å². The minimum Gasteiger partial charge on any atom is -0.480 e.